The number of nitrogens with one attached hydrogen (secondary N) is 2. The second-order valence-corrected chi connectivity index (χ2v) is 11.9. The molecule has 0 amide bonds. The first-order chi connectivity index (χ1) is 13.4. The minimum Gasteiger partial charge on any atom is -0.394 e. The van der Waals surface area contributed by atoms with E-state index in [0.29, 0.717) is 12.0 Å². The van der Waals surface area contributed by atoms with Crippen molar-refractivity contribution in [2.75, 3.05) is 19.7 Å². The van der Waals surface area contributed by atoms with Gasteiger partial charge < -0.3 is 9.84 Å². The Hall–Kier alpha value is -1.29. The summed E-state index contributed by atoms with van der Waals surface area (Å²) < 4.78 is 25.3. The summed E-state index contributed by atoms with van der Waals surface area (Å²) >= 11 is 0. The summed E-state index contributed by atoms with van der Waals surface area (Å²) in [5.74, 6) is 0. The summed E-state index contributed by atoms with van der Waals surface area (Å²) in [4.78, 5) is 26.2. The van der Waals surface area contributed by atoms with E-state index in [1.165, 1.54) is 10.8 Å². The van der Waals surface area contributed by atoms with Crippen molar-refractivity contribution in [3.8, 4) is 0 Å². The maximum Gasteiger partial charge on any atom is 0.330 e. The molecule has 1 aromatic heterocycles. The quantitative estimate of drug-likeness (QED) is 0.440. The topological polar surface area (TPSA) is 119 Å². The van der Waals surface area contributed by atoms with Crippen LogP contribution in [0.1, 0.15) is 45.9 Å². The standard InChI is InChI=1S/C18H30N5O5P/c1-11-7-21(16(26)19-15(11)25)14-6-12(13(8-24)28-14)20-29(27,22-9-17(22,2)3)23-10-18(23,4)5/h7,12-14,24H,6,8-10H2,1-5H3,(H,20,27)(H,19,25,26)/t12-,13+,14+,22?,23?,29?/m0/s1. The number of hydrogen-bond donors (Lipinski definition) is 3. The Labute approximate surface area is 169 Å². The van der Waals surface area contributed by atoms with Crippen LogP contribution in [0.15, 0.2) is 15.8 Å². The number of rotatable bonds is 6. The van der Waals surface area contributed by atoms with Crippen LogP contribution in [0.4, 0.5) is 0 Å². The SMILES string of the molecule is Cc1cn([C@H]2C[C@H](NP(=O)(N3CC3(C)C)N3CC3(C)C)[C@@H](CO)O2)c(=O)[nH]c1=O. The van der Waals surface area contributed by atoms with Gasteiger partial charge >= 0.3 is 5.69 Å². The normalized spacial score (nSPS) is 36.6. The number of H-pyrrole nitrogens is 1. The minimum absolute atomic E-state index is 0.151. The molecule has 0 radical (unpaired) electrons. The zero-order valence-electron chi connectivity index (χ0n) is 17.5. The molecule has 0 aromatic carbocycles. The fourth-order valence-corrected chi connectivity index (χ4v) is 7.87. The van der Waals surface area contributed by atoms with Gasteiger partial charge in [0.25, 0.3) is 13.2 Å². The maximum absolute atomic E-state index is 14.1. The van der Waals surface area contributed by atoms with Crippen molar-refractivity contribution in [3.05, 3.63) is 32.6 Å². The molecule has 3 saturated heterocycles. The third-order valence-electron chi connectivity index (χ3n) is 6.12. The van der Waals surface area contributed by atoms with Crippen LogP contribution in [0, 0.1) is 6.92 Å². The first-order valence-corrected chi connectivity index (χ1v) is 11.5. The molecule has 10 nitrogen and oxygen atoms in total. The number of hydrogen-bond acceptors (Lipinski definition) is 5. The zero-order valence-corrected chi connectivity index (χ0v) is 18.4. The summed E-state index contributed by atoms with van der Waals surface area (Å²) in [7, 11) is -3.05. The van der Waals surface area contributed by atoms with Gasteiger partial charge in [0.1, 0.15) is 6.23 Å². The number of ether oxygens (including phenoxy) is 1. The smallest absolute Gasteiger partial charge is 0.330 e. The molecular formula is C18H30N5O5P. The third kappa shape index (κ3) is 3.56. The Balaban J connectivity index is 1.59. The fourth-order valence-electron chi connectivity index (χ4n) is 4.08. The highest BCUT2D eigenvalue weighted by Crippen LogP contribution is 2.67. The van der Waals surface area contributed by atoms with Gasteiger partial charge in [-0.05, 0) is 34.6 Å². The van der Waals surface area contributed by atoms with E-state index in [1.54, 1.807) is 6.92 Å². The number of nitrogens with zero attached hydrogens (tertiary/aromatic N) is 3. The molecule has 3 fully saturated rings. The van der Waals surface area contributed by atoms with Crippen molar-refractivity contribution in [2.24, 2.45) is 0 Å². The van der Waals surface area contributed by atoms with Crippen LogP contribution in [0.5, 0.6) is 0 Å². The summed E-state index contributed by atoms with van der Waals surface area (Å²) in [6.07, 6.45) is 0.538. The van der Waals surface area contributed by atoms with Crippen molar-refractivity contribution < 1.29 is 14.4 Å². The molecule has 1 aromatic rings. The van der Waals surface area contributed by atoms with E-state index in [4.69, 9.17) is 4.74 Å². The predicted molar refractivity (Wildman–Crippen MR) is 108 cm³/mol. The molecule has 3 aliphatic rings. The summed E-state index contributed by atoms with van der Waals surface area (Å²) in [5.41, 5.74) is -0.906. The number of aliphatic hydroxyl groups is 1. The summed E-state index contributed by atoms with van der Waals surface area (Å²) in [6.45, 7) is 11.0. The molecule has 0 saturated carbocycles. The van der Waals surface area contributed by atoms with Crippen LogP contribution < -0.4 is 16.3 Å². The molecule has 3 N–H and O–H groups in total. The van der Waals surface area contributed by atoms with Gasteiger partial charge in [0.15, 0.2) is 0 Å². The van der Waals surface area contributed by atoms with Crippen LogP contribution in [0.25, 0.3) is 0 Å². The second-order valence-electron chi connectivity index (χ2n) is 9.55. The second kappa shape index (κ2) is 6.60. The highest BCUT2D eigenvalue weighted by Gasteiger charge is 2.65. The van der Waals surface area contributed by atoms with Crippen molar-refractivity contribution in [2.45, 2.75) is 70.5 Å². The van der Waals surface area contributed by atoms with Crippen LogP contribution >= 0.6 is 7.59 Å². The molecule has 0 spiro atoms. The van der Waals surface area contributed by atoms with Crippen molar-refractivity contribution in [3.63, 3.8) is 0 Å². The number of aromatic nitrogens is 2. The molecule has 162 valence electrons. The molecule has 4 heterocycles. The van der Waals surface area contributed by atoms with Gasteiger partial charge in [0, 0.05) is 48.4 Å². The van der Waals surface area contributed by atoms with Gasteiger partial charge in [-0.15, -0.1) is 0 Å². The molecule has 5 atom stereocenters. The molecule has 3 aliphatic heterocycles. The van der Waals surface area contributed by atoms with Gasteiger partial charge in [-0.1, -0.05) is 0 Å². The number of aromatic amines is 1. The highest BCUT2D eigenvalue weighted by atomic mass is 31.2. The Morgan fingerprint density at radius 1 is 1.24 bits per heavy atom. The average molecular weight is 427 g/mol. The predicted octanol–water partition coefficient (Wildman–Crippen LogP) is 0.380. The first-order valence-electron chi connectivity index (χ1n) is 9.91. The zero-order chi connectivity index (χ0) is 21.4. The minimum atomic E-state index is -3.05. The van der Waals surface area contributed by atoms with Crippen molar-refractivity contribution >= 4 is 7.59 Å². The van der Waals surface area contributed by atoms with Crippen molar-refractivity contribution in [1.29, 1.82) is 0 Å². The Kier molecular flexibility index (Phi) is 4.77. The monoisotopic (exact) mass is 427 g/mol. The molecule has 11 heteroatoms. The first kappa shape index (κ1) is 21.0. The lowest BCUT2D eigenvalue weighted by Gasteiger charge is -2.30. The number of aliphatic hydroxyl groups excluding tert-OH is 1. The van der Waals surface area contributed by atoms with Gasteiger partial charge in [-0.3, -0.25) is 18.9 Å². The van der Waals surface area contributed by atoms with Crippen LogP contribution in [-0.2, 0) is 9.30 Å². The van der Waals surface area contributed by atoms with Crippen LogP contribution in [0.2, 0.25) is 0 Å². The average Bonchev–Trinajstić information content (AvgIpc) is 3.41. The largest absolute Gasteiger partial charge is 0.394 e. The van der Waals surface area contributed by atoms with E-state index in [1.807, 2.05) is 9.34 Å². The van der Waals surface area contributed by atoms with Gasteiger partial charge in [-0.2, -0.15) is 0 Å². The molecule has 0 bridgehead atoms. The van der Waals surface area contributed by atoms with E-state index in [2.05, 4.69) is 37.8 Å². The van der Waals surface area contributed by atoms with E-state index in [9.17, 15) is 19.3 Å². The van der Waals surface area contributed by atoms with Gasteiger partial charge in [-0.25, -0.2) is 19.2 Å². The van der Waals surface area contributed by atoms with Crippen LogP contribution in [-0.4, -0.2) is 66.9 Å². The molecule has 29 heavy (non-hydrogen) atoms. The van der Waals surface area contributed by atoms with E-state index < -0.39 is 37.2 Å². The van der Waals surface area contributed by atoms with Crippen molar-refractivity contribution in [1.82, 2.24) is 24.0 Å². The van der Waals surface area contributed by atoms with Gasteiger partial charge in [0.2, 0.25) is 0 Å². The lowest BCUT2D eigenvalue weighted by molar-refractivity contribution is -0.0281. The Bertz CT molecular complexity index is 960. The van der Waals surface area contributed by atoms with E-state index in [0.717, 1.165) is 13.1 Å². The molecule has 0 aliphatic carbocycles. The summed E-state index contributed by atoms with van der Waals surface area (Å²) in [6, 6.07) is -0.400. The molecular weight excluding hydrogens is 397 g/mol. The fraction of sp³-hybridized carbons (Fsp3) is 0.778. The third-order valence-corrected chi connectivity index (χ3v) is 9.47. The Morgan fingerprint density at radius 3 is 2.28 bits per heavy atom. The lowest BCUT2D eigenvalue weighted by Crippen LogP contribution is -2.40. The lowest BCUT2D eigenvalue weighted by atomic mass is 10.1. The maximum atomic E-state index is 14.1. The molecule has 4 rings (SSSR count). The van der Waals surface area contributed by atoms with E-state index in [-0.39, 0.29) is 17.7 Å². The summed E-state index contributed by atoms with van der Waals surface area (Å²) in [5, 5.41) is 13.2. The Morgan fingerprint density at radius 2 is 1.79 bits per heavy atom. The molecule has 2 unspecified atom stereocenters. The number of aryl methyl sites for hydroxylation is 1. The van der Waals surface area contributed by atoms with Gasteiger partial charge in [0.05, 0.1) is 12.7 Å². The van der Waals surface area contributed by atoms with E-state index >= 15 is 0 Å². The van der Waals surface area contributed by atoms with Crippen LogP contribution in [0.3, 0.4) is 0 Å². The highest BCUT2D eigenvalue weighted by molar-refractivity contribution is 7.57.